The molecule has 0 heterocycles. The summed E-state index contributed by atoms with van der Waals surface area (Å²) < 4.78 is 36.3. The van der Waals surface area contributed by atoms with Crippen molar-refractivity contribution >= 4 is 64.8 Å². The molecule has 0 saturated carbocycles. The maximum Gasteiger partial charge on any atom is 0.296 e. The molecule has 0 bridgehead atoms. The van der Waals surface area contributed by atoms with Crippen LogP contribution in [0.2, 0.25) is 0 Å². The van der Waals surface area contributed by atoms with Gasteiger partial charge < -0.3 is 25.5 Å². The van der Waals surface area contributed by atoms with Crippen molar-refractivity contribution in [3.63, 3.8) is 0 Å². The van der Waals surface area contributed by atoms with Crippen LogP contribution in [0.15, 0.2) is 117 Å². The number of azo groups is 1. The summed E-state index contributed by atoms with van der Waals surface area (Å²) in [6.07, 6.45) is 15.5. The highest BCUT2D eigenvalue weighted by Crippen LogP contribution is 2.46. The van der Waals surface area contributed by atoms with Crippen molar-refractivity contribution < 1.29 is 22.6 Å². The van der Waals surface area contributed by atoms with E-state index < -0.39 is 20.9 Å². The SMILES string of the molecule is CCN(CC)c1ccc(/N=N/C2=CC=CC(C)(CC3(C)C=CC=C(PNc4ccc(N(CC)CC)cc4NC(C)=O)C(C)=C3)C=C2S(=O)(=O)O)c(NC(C)=O)c1. The average Bonchev–Trinajstić information content (AvgIpc) is 3.37. The molecule has 0 fully saturated rings. The molecule has 0 radical (unpaired) electrons. The number of allylic oxidation sites excluding steroid dienone is 10. The van der Waals surface area contributed by atoms with Crippen molar-refractivity contribution in [2.45, 2.75) is 68.7 Å². The van der Waals surface area contributed by atoms with Gasteiger partial charge in [-0.25, -0.2) is 0 Å². The largest absolute Gasteiger partial charge is 0.372 e. The highest BCUT2D eigenvalue weighted by molar-refractivity contribution is 7.90. The van der Waals surface area contributed by atoms with E-state index in [0.717, 1.165) is 54.1 Å². The summed E-state index contributed by atoms with van der Waals surface area (Å²) in [4.78, 5) is 28.1. The van der Waals surface area contributed by atoms with Crippen LogP contribution in [-0.2, 0) is 19.7 Å². The lowest BCUT2D eigenvalue weighted by Crippen LogP contribution is -2.23. The Morgan fingerprint density at radius 3 is 1.88 bits per heavy atom. The molecule has 2 amide bonds. The molecule has 56 heavy (non-hydrogen) atoms. The second-order valence-electron chi connectivity index (χ2n) is 14.4. The Kier molecular flexibility index (Phi) is 14.8. The Bertz CT molecular complexity index is 2130. The highest BCUT2D eigenvalue weighted by Gasteiger charge is 2.34. The molecule has 0 aromatic heterocycles. The van der Waals surface area contributed by atoms with Crippen LogP contribution < -0.4 is 25.5 Å². The smallest absolute Gasteiger partial charge is 0.296 e. The lowest BCUT2D eigenvalue weighted by molar-refractivity contribution is -0.115. The van der Waals surface area contributed by atoms with Crippen LogP contribution in [0.3, 0.4) is 0 Å². The van der Waals surface area contributed by atoms with E-state index in [1.54, 1.807) is 12.1 Å². The Morgan fingerprint density at radius 1 is 0.768 bits per heavy atom. The van der Waals surface area contributed by atoms with E-state index in [4.69, 9.17) is 0 Å². The zero-order chi connectivity index (χ0) is 41.3. The Morgan fingerprint density at radius 2 is 1.30 bits per heavy atom. The Labute approximate surface area is 334 Å². The van der Waals surface area contributed by atoms with Crippen molar-refractivity contribution in [1.29, 1.82) is 0 Å². The maximum absolute atomic E-state index is 12.9. The number of carbonyl (C=O) groups excluding carboxylic acids is 2. The summed E-state index contributed by atoms with van der Waals surface area (Å²) in [5, 5.41) is 19.0. The molecule has 2 aromatic carbocycles. The van der Waals surface area contributed by atoms with Crippen LogP contribution in [0.1, 0.15) is 68.7 Å². The van der Waals surface area contributed by atoms with Crippen molar-refractivity contribution in [3.05, 3.63) is 106 Å². The lowest BCUT2D eigenvalue weighted by atomic mass is 9.72. The first kappa shape index (κ1) is 43.9. The average molecular weight is 802 g/mol. The molecule has 0 saturated heterocycles. The standard InChI is InChI=1S/C42H56N7O5PS/c1-10-48(11-2)32-18-20-34(37(24-32)43-30(6)50)45-46-36-16-14-22-42(9,27-40(36)56(52,53)54)28-41(8)23-15-17-39(29(5)26-41)55-47-35-21-19-33(49(12-3)13-4)25-38(35)44-31(7)51/h14-27,47,55H,10-13,28H2,1-9H3,(H,43,50)(H,44,51)(H,52,53,54)/b46-45+. The van der Waals surface area contributed by atoms with E-state index in [2.05, 4.69) is 87.7 Å². The first-order chi connectivity index (χ1) is 26.4. The second-order valence-corrected chi connectivity index (χ2v) is 16.9. The molecule has 12 nitrogen and oxygen atoms in total. The van der Waals surface area contributed by atoms with Crippen LogP contribution in [0, 0.1) is 10.8 Å². The number of anilines is 5. The van der Waals surface area contributed by atoms with Gasteiger partial charge in [-0.15, -0.1) is 10.2 Å². The number of carbonyl (C=O) groups is 2. The van der Waals surface area contributed by atoms with Gasteiger partial charge in [0.1, 0.15) is 16.3 Å². The molecule has 0 aliphatic heterocycles. The predicted molar refractivity (Wildman–Crippen MR) is 234 cm³/mol. The van der Waals surface area contributed by atoms with E-state index in [1.165, 1.54) is 26.0 Å². The number of hydrogen-bond acceptors (Lipinski definition) is 9. The number of nitrogens with one attached hydrogen (secondary N) is 3. The van der Waals surface area contributed by atoms with Crippen LogP contribution in [-0.4, -0.2) is 51.0 Å². The molecular formula is C42H56N7O5PS. The first-order valence-electron chi connectivity index (χ1n) is 18.9. The summed E-state index contributed by atoms with van der Waals surface area (Å²) in [6, 6.07) is 11.4. The van der Waals surface area contributed by atoms with Gasteiger partial charge in [-0.1, -0.05) is 56.4 Å². The third kappa shape index (κ3) is 11.6. The minimum absolute atomic E-state index is 0.0395. The lowest BCUT2D eigenvalue weighted by Gasteiger charge is -2.33. The predicted octanol–water partition coefficient (Wildman–Crippen LogP) is 10.1. The third-order valence-corrected chi connectivity index (χ3v) is 11.8. The summed E-state index contributed by atoms with van der Waals surface area (Å²) in [7, 11) is -4.53. The summed E-state index contributed by atoms with van der Waals surface area (Å²) in [5.74, 6) is -0.434. The molecule has 2 aliphatic rings. The van der Waals surface area contributed by atoms with Gasteiger partial charge in [0.2, 0.25) is 11.8 Å². The van der Waals surface area contributed by atoms with Gasteiger partial charge in [-0.3, -0.25) is 14.1 Å². The molecule has 3 unspecified atom stereocenters. The third-order valence-electron chi connectivity index (χ3n) is 9.65. The fourth-order valence-electron chi connectivity index (χ4n) is 7.10. The van der Waals surface area contributed by atoms with Gasteiger partial charge >= 0.3 is 0 Å². The summed E-state index contributed by atoms with van der Waals surface area (Å²) in [6.45, 7) is 20.5. The Hall–Kier alpha value is -4.84. The topological polar surface area (TPSA) is 156 Å². The fraction of sp³-hybridized carbons (Fsp3) is 0.381. The van der Waals surface area contributed by atoms with E-state index in [0.29, 0.717) is 23.5 Å². The summed E-state index contributed by atoms with van der Waals surface area (Å²) in [5.41, 5.74) is 3.91. The minimum Gasteiger partial charge on any atom is -0.372 e. The molecule has 14 heteroatoms. The number of hydrogen-bond donors (Lipinski definition) is 4. The van der Waals surface area contributed by atoms with Gasteiger partial charge in [0.25, 0.3) is 10.1 Å². The Balaban J connectivity index is 1.59. The van der Waals surface area contributed by atoms with E-state index in [1.807, 2.05) is 57.2 Å². The number of rotatable bonds is 16. The van der Waals surface area contributed by atoms with Gasteiger partial charge in [0.15, 0.2) is 0 Å². The minimum atomic E-state index is -4.73. The maximum atomic E-state index is 12.9. The number of nitrogens with zero attached hydrogens (tertiary/aromatic N) is 4. The molecule has 0 spiro atoms. The fourth-order valence-corrected chi connectivity index (χ4v) is 8.83. The van der Waals surface area contributed by atoms with Gasteiger partial charge in [-0.2, -0.15) is 8.42 Å². The van der Waals surface area contributed by atoms with Crippen molar-refractivity contribution in [3.8, 4) is 0 Å². The molecule has 2 aromatic rings. The van der Waals surface area contributed by atoms with Gasteiger partial charge in [-0.05, 0) is 94.4 Å². The van der Waals surface area contributed by atoms with E-state index >= 15 is 0 Å². The normalized spacial score (nSPS) is 19.8. The number of amides is 2. The van der Waals surface area contributed by atoms with E-state index in [9.17, 15) is 22.6 Å². The number of benzene rings is 2. The summed E-state index contributed by atoms with van der Waals surface area (Å²) >= 11 is 0. The van der Waals surface area contributed by atoms with Crippen molar-refractivity contribution in [2.24, 2.45) is 21.1 Å². The highest BCUT2D eigenvalue weighted by atomic mass is 32.2. The van der Waals surface area contributed by atoms with Crippen molar-refractivity contribution in [2.75, 3.05) is 51.7 Å². The monoisotopic (exact) mass is 801 g/mol. The van der Waals surface area contributed by atoms with Gasteiger partial charge in [0, 0.05) is 71.0 Å². The molecule has 2 aliphatic carbocycles. The van der Waals surface area contributed by atoms with Crippen LogP contribution in [0.25, 0.3) is 0 Å². The first-order valence-corrected chi connectivity index (χ1v) is 21.3. The molecular weight excluding hydrogens is 746 g/mol. The molecule has 3 atom stereocenters. The quantitative estimate of drug-likeness (QED) is 0.0743. The van der Waals surface area contributed by atoms with Crippen LogP contribution in [0.4, 0.5) is 34.1 Å². The van der Waals surface area contributed by atoms with Crippen LogP contribution >= 0.6 is 8.73 Å². The molecule has 300 valence electrons. The zero-order valence-corrected chi connectivity index (χ0v) is 35.7. The molecule has 4 N–H and O–H groups in total. The van der Waals surface area contributed by atoms with Gasteiger partial charge in [0.05, 0.1) is 17.1 Å². The zero-order valence-electron chi connectivity index (χ0n) is 33.9. The molecule has 4 rings (SSSR count). The van der Waals surface area contributed by atoms with Crippen LogP contribution in [0.5, 0.6) is 0 Å². The van der Waals surface area contributed by atoms with E-state index in [-0.39, 0.29) is 31.1 Å². The second kappa shape index (κ2) is 18.9. The van der Waals surface area contributed by atoms with Crippen molar-refractivity contribution in [1.82, 2.24) is 0 Å².